The fraction of sp³-hybridized carbons (Fsp3) is 0.611. The standard InChI is InChI=1S/C18H28FN3O2/c1-15-12-21(8-9-22(15)10-11-24-3)14-18(23)20(2)13-16-4-6-17(19)7-5-16/h4-7,15H,8-14H2,1-3H3/t15-/m1/s1. The SMILES string of the molecule is COCCN1CCN(CC(=O)N(C)Cc2ccc(F)cc2)C[C@H]1C. The zero-order valence-electron chi connectivity index (χ0n) is 14.9. The molecule has 6 heteroatoms. The summed E-state index contributed by atoms with van der Waals surface area (Å²) in [6, 6.07) is 6.71. The molecule has 1 aliphatic rings. The number of benzene rings is 1. The zero-order valence-corrected chi connectivity index (χ0v) is 14.9. The molecule has 0 N–H and O–H groups in total. The van der Waals surface area contributed by atoms with Crippen molar-refractivity contribution in [3.8, 4) is 0 Å². The van der Waals surface area contributed by atoms with Crippen LogP contribution >= 0.6 is 0 Å². The first kappa shape index (κ1) is 18.8. The van der Waals surface area contributed by atoms with Gasteiger partial charge in [-0.1, -0.05) is 12.1 Å². The smallest absolute Gasteiger partial charge is 0.236 e. The molecular weight excluding hydrogens is 309 g/mol. The van der Waals surface area contributed by atoms with Crippen molar-refractivity contribution in [3.05, 3.63) is 35.6 Å². The summed E-state index contributed by atoms with van der Waals surface area (Å²) >= 11 is 0. The number of hydrogen-bond donors (Lipinski definition) is 0. The van der Waals surface area contributed by atoms with Crippen LogP contribution in [0.3, 0.4) is 0 Å². The van der Waals surface area contributed by atoms with Crippen molar-refractivity contribution in [2.75, 3.05) is 53.5 Å². The topological polar surface area (TPSA) is 36.0 Å². The molecule has 1 fully saturated rings. The van der Waals surface area contributed by atoms with E-state index in [-0.39, 0.29) is 11.7 Å². The molecule has 134 valence electrons. The third kappa shape index (κ3) is 5.54. The molecule has 5 nitrogen and oxygen atoms in total. The van der Waals surface area contributed by atoms with Gasteiger partial charge in [0.15, 0.2) is 0 Å². The second-order valence-electron chi connectivity index (χ2n) is 6.49. The summed E-state index contributed by atoms with van der Waals surface area (Å²) in [5.41, 5.74) is 0.935. The van der Waals surface area contributed by atoms with E-state index < -0.39 is 0 Å². The average molecular weight is 337 g/mol. The van der Waals surface area contributed by atoms with Gasteiger partial charge in [-0.25, -0.2) is 4.39 Å². The van der Waals surface area contributed by atoms with Crippen molar-refractivity contribution in [1.29, 1.82) is 0 Å². The molecule has 1 aliphatic heterocycles. The summed E-state index contributed by atoms with van der Waals surface area (Å²) in [6.07, 6.45) is 0. The van der Waals surface area contributed by atoms with Crippen LogP contribution in [0.25, 0.3) is 0 Å². The Kier molecular flexibility index (Phi) is 7.15. The molecule has 1 atom stereocenters. The Labute approximate surface area is 144 Å². The zero-order chi connectivity index (χ0) is 17.5. The van der Waals surface area contributed by atoms with E-state index in [1.165, 1.54) is 12.1 Å². The first-order valence-corrected chi connectivity index (χ1v) is 8.43. The number of likely N-dealkylation sites (N-methyl/N-ethyl adjacent to an activating group) is 1. The van der Waals surface area contributed by atoms with E-state index >= 15 is 0 Å². The second kappa shape index (κ2) is 9.11. The van der Waals surface area contributed by atoms with Gasteiger partial charge in [-0.2, -0.15) is 0 Å². The fourth-order valence-corrected chi connectivity index (χ4v) is 3.02. The van der Waals surface area contributed by atoms with Gasteiger partial charge in [-0.3, -0.25) is 14.6 Å². The number of amides is 1. The molecule has 0 aliphatic carbocycles. The Morgan fingerprint density at radius 3 is 2.67 bits per heavy atom. The van der Waals surface area contributed by atoms with Crippen LogP contribution in [0.15, 0.2) is 24.3 Å². The molecular formula is C18H28FN3O2. The minimum Gasteiger partial charge on any atom is -0.383 e. The molecule has 0 spiro atoms. The highest BCUT2D eigenvalue weighted by atomic mass is 19.1. The van der Waals surface area contributed by atoms with E-state index in [1.54, 1.807) is 31.2 Å². The first-order valence-electron chi connectivity index (χ1n) is 8.43. The lowest BCUT2D eigenvalue weighted by atomic mass is 10.2. The molecule has 24 heavy (non-hydrogen) atoms. The molecule has 0 aromatic heterocycles. The summed E-state index contributed by atoms with van der Waals surface area (Å²) in [7, 11) is 3.51. The van der Waals surface area contributed by atoms with Crippen LogP contribution in [0.1, 0.15) is 12.5 Å². The summed E-state index contributed by atoms with van der Waals surface area (Å²) in [5.74, 6) is -0.162. The summed E-state index contributed by atoms with van der Waals surface area (Å²) in [6.45, 7) is 7.54. The fourth-order valence-electron chi connectivity index (χ4n) is 3.02. The number of piperazine rings is 1. The maximum Gasteiger partial charge on any atom is 0.236 e. The van der Waals surface area contributed by atoms with Gasteiger partial charge in [0.1, 0.15) is 5.82 Å². The summed E-state index contributed by atoms with van der Waals surface area (Å²) < 4.78 is 18.1. The van der Waals surface area contributed by atoms with Crippen LogP contribution in [-0.2, 0) is 16.1 Å². The van der Waals surface area contributed by atoms with Crippen molar-refractivity contribution in [2.45, 2.75) is 19.5 Å². The lowest BCUT2D eigenvalue weighted by molar-refractivity contribution is -0.132. The van der Waals surface area contributed by atoms with Crippen molar-refractivity contribution < 1.29 is 13.9 Å². The molecule has 1 aromatic rings. The van der Waals surface area contributed by atoms with Gasteiger partial charge in [0.2, 0.25) is 5.91 Å². The van der Waals surface area contributed by atoms with E-state index in [0.29, 0.717) is 19.1 Å². The number of methoxy groups -OCH3 is 1. The van der Waals surface area contributed by atoms with Crippen molar-refractivity contribution in [2.24, 2.45) is 0 Å². The van der Waals surface area contributed by atoms with Gasteiger partial charge in [-0.05, 0) is 24.6 Å². The lowest BCUT2D eigenvalue weighted by Gasteiger charge is -2.39. The normalized spacial score (nSPS) is 19.4. The van der Waals surface area contributed by atoms with E-state index in [2.05, 4.69) is 16.7 Å². The molecule has 0 bridgehead atoms. The van der Waals surface area contributed by atoms with Gasteiger partial charge in [0.05, 0.1) is 13.2 Å². The number of rotatable bonds is 7. The second-order valence-corrected chi connectivity index (χ2v) is 6.49. The first-order chi connectivity index (χ1) is 11.5. The van der Waals surface area contributed by atoms with Gasteiger partial charge < -0.3 is 9.64 Å². The van der Waals surface area contributed by atoms with E-state index in [4.69, 9.17) is 4.74 Å². The highest BCUT2D eigenvalue weighted by molar-refractivity contribution is 5.78. The number of nitrogens with zero attached hydrogens (tertiary/aromatic N) is 3. The third-order valence-electron chi connectivity index (χ3n) is 4.55. The summed E-state index contributed by atoms with van der Waals surface area (Å²) in [5, 5.41) is 0. The predicted octanol–water partition coefficient (Wildman–Crippen LogP) is 1.44. The molecule has 1 aromatic carbocycles. The molecule has 0 saturated carbocycles. The minimum absolute atomic E-state index is 0.0943. The number of carbonyl (C=O) groups is 1. The van der Waals surface area contributed by atoms with Crippen molar-refractivity contribution in [1.82, 2.24) is 14.7 Å². The minimum atomic E-state index is -0.256. The van der Waals surface area contributed by atoms with E-state index in [0.717, 1.165) is 38.3 Å². The Morgan fingerprint density at radius 1 is 1.33 bits per heavy atom. The monoisotopic (exact) mass is 337 g/mol. The van der Waals surface area contributed by atoms with Gasteiger partial charge in [0, 0.05) is 52.9 Å². The quantitative estimate of drug-likeness (QED) is 0.754. The number of halogens is 1. The maximum atomic E-state index is 12.9. The number of ether oxygens (including phenoxy) is 1. The molecule has 1 saturated heterocycles. The van der Waals surface area contributed by atoms with Crippen LogP contribution in [0, 0.1) is 5.82 Å². The largest absolute Gasteiger partial charge is 0.383 e. The Hall–Kier alpha value is -1.50. The number of hydrogen-bond acceptors (Lipinski definition) is 4. The highest BCUT2D eigenvalue weighted by Gasteiger charge is 2.25. The predicted molar refractivity (Wildman–Crippen MR) is 92.2 cm³/mol. The van der Waals surface area contributed by atoms with E-state index in [1.807, 2.05) is 0 Å². The van der Waals surface area contributed by atoms with Crippen LogP contribution in [0.5, 0.6) is 0 Å². The van der Waals surface area contributed by atoms with E-state index in [9.17, 15) is 9.18 Å². The lowest BCUT2D eigenvalue weighted by Crippen LogP contribution is -2.54. The average Bonchev–Trinajstić information content (AvgIpc) is 2.56. The molecule has 0 unspecified atom stereocenters. The van der Waals surface area contributed by atoms with Crippen LogP contribution < -0.4 is 0 Å². The maximum absolute atomic E-state index is 12.9. The van der Waals surface area contributed by atoms with Crippen LogP contribution in [-0.4, -0.2) is 80.1 Å². The van der Waals surface area contributed by atoms with Gasteiger partial charge in [-0.15, -0.1) is 0 Å². The van der Waals surface area contributed by atoms with Crippen molar-refractivity contribution in [3.63, 3.8) is 0 Å². The molecule has 0 radical (unpaired) electrons. The summed E-state index contributed by atoms with van der Waals surface area (Å²) in [4.78, 5) is 18.7. The highest BCUT2D eigenvalue weighted by Crippen LogP contribution is 2.10. The van der Waals surface area contributed by atoms with Crippen LogP contribution in [0.4, 0.5) is 4.39 Å². The molecule has 1 amide bonds. The number of carbonyl (C=O) groups excluding carboxylic acids is 1. The third-order valence-corrected chi connectivity index (χ3v) is 4.55. The molecule has 2 rings (SSSR count). The Balaban J connectivity index is 1.78. The van der Waals surface area contributed by atoms with Crippen LogP contribution in [0.2, 0.25) is 0 Å². The Morgan fingerprint density at radius 2 is 2.04 bits per heavy atom. The Bertz CT molecular complexity index is 524. The van der Waals surface area contributed by atoms with Gasteiger partial charge >= 0.3 is 0 Å². The molecule has 1 heterocycles. The van der Waals surface area contributed by atoms with Gasteiger partial charge in [0.25, 0.3) is 0 Å². The van der Waals surface area contributed by atoms with Crippen molar-refractivity contribution >= 4 is 5.91 Å².